The molecule has 0 amide bonds. The van der Waals surface area contributed by atoms with Crippen LogP contribution >= 0.6 is 0 Å². The first-order valence-electron chi connectivity index (χ1n) is 14.5. The summed E-state index contributed by atoms with van der Waals surface area (Å²) in [5.74, 6) is 0.623. The largest absolute Gasteiger partial charge is 0.507 e. The van der Waals surface area contributed by atoms with Crippen LogP contribution in [-0.4, -0.2) is 11.3 Å². The molecule has 0 atom stereocenters. The van der Waals surface area contributed by atoms with Gasteiger partial charge in [0.05, 0.1) is 5.69 Å². The minimum absolute atomic E-state index is 0.0447. The van der Waals surface area contributed by atoms with Crippen LogP contribution in [0.5, 0.6) is 5.75 Å². The first-order chi connectivity index (χ1) is 18.8. The predicted molar refractivity (Wildman–Crippen MR) is 172 cm³/mol. The van der Waals surface area contributed by atoms with E-state index in [-0.39, 0.29) is 10.8 Å². The van der Waals surface area contributed by atoms with Crippen LogP contribution in [0.1, 0.15) is 106 Å². The van der Waals surface area contributed by atoms with Crippen LogP contribution in [-0.2, 0) is 23.7 Å². The number of aliphatic imine (C=N–C) groups is 1. The fraction of sp³-hybridized carbons (Fsp3) is 0.342. The Morgan fingerprint density at radius 1 is 0.700 bits per heavy atom. The molecule has 0 heterocycles. The monoisotopic (exact) mass is 531 g/mol. The lowest BCUT2D eigenvalue weighted by Gasteiger charge is -2.27. The lowest BCUT2D eigenvalue weighted by molar-refractivity contribution is 0.444. The first-order valence-corrected chi connectivity index (χ1v) is 14.5. The van der Waals surface area contributed by atoms with Gasteiger partial charge in [-0.25, -0.2) is 0 Å². The summed E-state index contributed by atoms with van der Waals surface area (Å²) in [5, 5.41) is 11.4. The average Bonchev–Trinajstić information content (AvgIpc) is 2.88. The van der Waals surface area contributed by atoms with Crippen molar-refractivity contribution >= 4 is 11.9 Å². The van der Waals surface area contributed by atoms with Gasteiger partial charge in [0.25, 0.3) is 0 Å². The maximum Gasteiger partial charge on any atom is 0.128 e. The molecule has 0 saturated heterocycles. The van der Waals surface area contributed by atoms with Crippen molar-refractivity contribution in [1.82, 2.24) is 0 Å². The van der Waals surface area contributed by atoms with Crippen LogP contribution in [0.25, 0.3) is 0 Å². The minimum atomic E-state index is -0.186. The van der Waals surface area contributed by atoms with Gasteiger partial charge in [-0.05, 0) is 69.0 Å². The van der Waals surface area contributed by atoms with Crippen molar-refractivity contribution < 1.29 is 5.11 Å². The molecule has 0 unspecified atom stereocenters. The van der Waals surface area contributed by atoms with E-state index in [0.717, 1.165) is 29.7 Å². The topological polar surface area (TPSA) is 32.6 Å². The van der Waals surface area contributed by atoms with Crippen LogP contribution in [0.3, 0.4) is 0 Å². The van der Waals surface area contributed by atoms with Gasteiger partial charge in [-0.2, -0.15) is 0 Å². The quantitative estimate of drug-likeness (QED) is 0.236. The third kappa shape index (κ3) is 7.10. The van der Waals surface area contributed by atoms with E-state index in [4.69, 9.17) is 4.99 Å². The van der Waals surface area contributed by atoms with Crippen LogP contribution in [0.15, 0.2) is 89.9 Å². The number of hydrogen-bond acceptors (Lipinski definition) is 2. The number of phenols is 1. The van der Waals surface area contributed by atoms with Crippen LogP contribution in [0.4, 0.5) is 5.69 Å². The van der Waals surface area contributed by atoms with E-state index in [2.05, 4.69) is 140 Å². The second kappa shape index (κ2) is 11.8. The highest BCUT2D eigenvalue weighted by Crippen LogP contribution is 2.38. The minimum Gasteiger partial charge on any atom is -0.507 e. The summed E-state index contributed by atoms with van der Waals surface area (Å²) in [6, 6.07) is 30.2. The molecule has 0 fully saturated rings. The maximum atomic E-state index is 11.4. The van der Waals surface area contributed by atoms with Gasteiger partial charge in [-0.15, -0.1) is 0 Å². The maximum absolute atomic E-state index is 11.4. The highest BCUT2D eigenvalue weighted by Gasteiger charge is 2.25. The summed E-state index contributed by atoms with van der Waals surface area (Å²) in [6.07, 6.45) is 3.57. The number of nitrogens with zero attached hydrogens (tertiary/aromatic N) is 1. The van der Waals surface area contributed by atoms with E-state index in [9.17, 15) is 5.11 Å². The fourth-order valence-electron chi connectivity index (χ4n) is 5.16. The molecule has 0 aliphatic carbocycles. The summed E-state index contributed by atoms with van der Waals surface area (Å²) < 4.78 is 0. The van der Waals surface area contributed by atoms with Gasteiger partial charge in [0, 0.05) is 17.3 Å². The molecule has 0 saturated carbocycles. The SMILES string of the molecule is CC(C)c1cc(Cc2ccccc2)cc(Cc2ccccc2)c1N=Cc1cc(C(C)(C)C)cc(C(C)(C)C)c1O. The van der Waals surface area contributed by atoms with E-state index in [1.165, 1.54) is 33.4 Å². The predicted octanol–water partition coefficient (Wildman–Crippen LogP) is 10.0. The normalized spacial score (nSPS) is 12.4. The molecule has 4 rings (SSSR count). The number of rotatable bonds is 7. The van der Waals surface area contributed by atoms with Gasteiger partial charge < -0.3 is 5.11 Å². The zero-order valence-corrected chi connectivity index (χ0v) is 25.5. The number of aromatic hydroxyl groups is 1. The van der Waals surface area contributed by atoms with E-state index >= 15 is 0 Å². The Balaban J connectivity index is 1.88. The molecule has 2 heteroatoms. The summed E-state index contributed by atoms with van der Waals surface area (Å²) in [6.45, 7) is 17.6. The molecule has 0 bridgehead atoms. The standard InChI is InChI=1S/C38H45NO/c1-26(2)33-22-29(19-27-15-11-9-12-16-27)21-30(20-28-17-13-10-14-18-28)35(33)39-25-31-23-32(37(3,4)5)24-34(36(31)40)38(6,7)8/h9-18,21-26,40H,19-20H2,1-8H3. The van der Waals surface area contributed by atoms with Crippen LogP contribution in [0.2, 0.25) is 0 Å². The second-order valence-corrected chi connectivity index (χ2v) is 13.4. The number of benzene rings is 4. The zero-order valence-electron chi connectivity index (χ0n) is 25.5. The molecule has 2 nitrogen and oxygen atoms in total. The van der Waals surface area contributed by atoms with Crippen LogP contribution < -0.4 is 0 Å². The molecule has 0 spiro atoms. The molecule has 1 N–H and O–H groups in total. The Hall–Kier alpha value is -3.65. The highest BCUT2D eigenvalue weighted by atomic mass is 16.3. The van der Waals surface area contributed by atoms with Crippen LogP contribution in [0, 0.1) is 0 Å². The third-order valence-electron chi connectivity index (χ3n) is 7.53. The van der Waals surface area contributed by atoms with Crippen molar-refractivity contribution in [2.45, 2.75) is 85.0 Å². The van der Waals surface area contributed by atoms with E-state index < -0.39 is 0 Å². The summed E-state index contributed by atoms with van der Waals surface area (Å²) in [5.41, 5.74) is 10.0. The van der Waals surface area contributed by atoms with Gasteiger partial charge in [-0.1, -0.05) is 134 Å². The van der Waals surface area contributed by atoms with E-state index in [1.807, 2.05) is 6.21 Å². The summed E-state index contributed by atoms with van der Waals surface area (Å²) in [4.78, 5) is 5.16. The van der Waals surface area contributed by atoms with Crippen molar-refractivity contribution in [2.24, 2.45) is 4.99 Å². The lowest BCUT2D eigenvalue weighted by atomic mass is 9.79. The molecule has 0 aliphatic rings. The van der Waals surface area contributed by atoms with Crippen molar-refractivity contribution in [3.8, 4) is 5.75 Å². The summed E-state index contributed by atoms with van der Waals surface area (Å²) >= 11 is 0. The smallest absolute Gasteiger partial charge is 0.128 e. The molecule has 4 aromatic carbocycles. The van der Waals surface area contributed by atoms with E-state index in [0.29, 0.717) is 11.7 Å². The molecular formula is C38H45NO. The Kier molecular flexibility index (Phi) is 8.68. The Morgan fingerprint density at radius 2 is 1.27 bits per heavy atom. The highest BCUT2D eigenvalue weighted by molar-refractivity contribution is 5.87. The Morgan fingerprint density at radius 3 is 1.80 bits per heavy atom. The molecule has 0 radical (unpaired) electrons. The van der Waals surface area contributed by atoms with Gasteiger partial charge >= 0.3 is 0 Å². The Labute approximate surface area is 241 Å². The zero-order chi connectivity index (χ0) is 29.1. The van der Waals surface area contributed by atoms with Crippen molar-refractivity contribution in [3.05, 3.63) is 129 Å². The second-order valence-electron chi connectivity index (χ2n) is 13.4. The van der Waals surface area contributed by atoms with Crippen molar-refractivity contribution in [2.75, 3.05) is 0 Å². The number of phenolic OH excluding ortho intramolecular Hbond substituents is 1. The first kappa shape index (κ1) is 29.3. The van der Waals surface area contributed by atoms with Gasteiger partial charge in [-0.3, -0.25) is 4.99 Å². The Bertz CT molecular complexity index is 1470. The van der Waals surface area contributed by atoms with Crippen molar-refractivity contribution in [3.63, 3.8) is 0 Å². The fourth-order valence-corrected chi connectivity index (χ4v) is 5.16. The van der Waals surface area contributed by atoms with Gasteiger partial charge in [0.1, 0.15) is 5.75 Å². The summed E-state index contributed by atoms with van der Waals surface area (Å²) in [7, 11) is 0. The average molecular weight is 532 g/mol. The molecule has 0 aliphatic heterocycles. The lowest BCUT2D eigenvalue weighted by Crippen LogP contribution is -2.17. The van der Waals surface area contributed by atoms with E-state index in [1.54, 1.807) is 0 Å². The molecule has 40 heavy (non-hydrogen) atoms. The third-order valence-corrected chi connectivity index (χ3v) is 7.53. The molecule has 4 aromatic rings. The van der Waals surface area contributed by atoms with Crippen molar-refractivity contribution in [1.29, 1.82) is 0 Å². The molecule has 0 aromatic heterocycles. The van der Waals surface area contributed by atoms with Gasteiger partial charge in [0.15, 0.2) is 0 Å². The molecule has 208 valence electrons. The number of hydrogen-bond donors (Lipinski definition) is 1. The van der Waals surface area contributed by atoms with Gasteiger partial charge in [0.2, 0.25) is 0 Å². The molecular weight excluding hydrogens is 486 g/mol.